The van der Waals surface area contributed by atoms with Crippen LogP contribution < -0.4 is 4.74 Å². The van der Waals surface area contributed by atoms with E-state index < -0.39 is 10.0 Å². The molecule has 5 nitrogen and oxygen atoms in total. The van der Waals surface area contributed by atoms with Gasteiger partial charge in [-0.05, 0) is 60.9 Å². The van der Waals surface area contributed by atoms with E-state index in [9.17, 15) is 12.8 Å². The summed E-state index contributed by atoms with van der Waals surface area (Å²) in [6, 6.07) is 7.96. The molecule has 4 rings (SSSR count). The smallest absolute Gasteiger partial charge is 0.247 e. The minimum atomic E-state index is -3.74. The van der Waals surface area contributed by atoms with Gasteiger partial charge in [-0.3, -0.25) is 0 Å². The average molecular weight is 388 g/mol. The summed E-state index contributed by atoms with van der Waals surface area (Å²) in [5.41, 5.74) is 4.49. The Hall–Kier alpha value is -2.38. The molecular formula is C20H21FN2O3S. The number of sulfonamides is 1. The summed E-state index contributed by atoms with van der Waals surface area (Å²) in [5.74, 6) is 0.00831. The highest BCUT2D eigenvalue weighted by Crippen LogP contribution is 2.34. The van der Waals surface area contributed by atoms with Crippen LogP contribution in [0, 0.1) is 19.7 Å². The van der Waals surface area contributed by atoms with Gasteiger partial charge in [-0.1, -0.05) is 0 Å². The molecule has 1 N–H and O–H groups in total. The molecule has 0 unspecified atom stereocenters. The Kier molecular flexibility index (Phi) is 4.24. The molecule has 0 amide bonds. The molecule has 27 heavy (non-hydrogen) atoms. The standard InChI is InChI=1S/C20H21FN2O3S/c1-12-8-19(26-3)20(9-13(12)2)27(24,25)23-7-6-18-16(11-23)15-10-14(21)4-5-17(15)22-18/h4-5,8-10,22H,6-7,11H2,1-3H3. The number of hydrogen-bond donors (Lipinski definition) is 1. The highest BCUT2D eigenvalue weighted by Gasteiger charge is 2.32. The van der Waals surface area contributed by atoms with E-state index in [2.05, 4.69) is 4.98 Å². The van der Waals surface area contributed by atoms with E-state index in [0.29, 0.717) is 18.7 Å². The first kappa shape index (κ1) is 18.0. The van der Waals surface area contributed by atoms with Crippen LogP contribution in [-0.2, 0) is 23.0 Å². The minimum Gasteiger partial charge on any atom is -0.495 e. The second kappa shape index (κ2) is 6.35. The Morgan fingerprint density at radius 2 is 1.89 bits per heavy atom. The van der Waals surface area contributed by atoms with Gasteiger partial charge in [-0.25, -0.2) is 12.8 Å². The molecule has 0 saturated carbocycles. The van der Waals surface area contributed by atoms with Crippen molar-refractivity contribution in [2.75, 3.05) is 13.7 Å². The number of aromatic amines is 1. The molecule has 142 valence electrons. The third kappa shape index (κ3) is 2.91. The highest BCUT2D eigenvalue weighted by molar-refractivity contribution is 7.89. The van der Waals surface area contributed by atoms with Gasteiger partial charge >= 0.3 is 0 Å². The first-order valence-electron chi connectivity index (χ1n) is 8.75. The first-order valence-corrected chi connectivity index (χ1v) is 10.2. The van der Waals surface area contributed by atoms with Crippen molar-refractivity contribution in [1.82, 2.24) is 9.29 Å². The van der Waals surface area contributed by atoms with Crippen LogP contribution in [0.25, 0.3) is 10.9 Å². The van der Waals surface area contributed by atoms with Crippen LogP contribution in [0.15, 0.2) is 35.2 Å². The predicted octanol–water partition coefficient (Wildman–Crippen LogP) is 3.68. The number of methoxy groups -OCH3 is 1. The van der Waals surface area contributed by atoms with E-state index in [0.717, 1.165) is 33.3 Å². The highest BCUT2D eigenvalue weighted by atomic mass is 32.2. The van der Waals surface area contributed by atoms with Crippen molar-refractivity contribution in [2.24, 2.45) is 0 Å². The van der Waals surface area contributed by atoms with Gasteiger partial charge in [-0.15, -0.1) is 0 Å². The maximum absolute atomic E-state index is 13.7. The number of fused-ring (bicyclic) bond motifs is 3. The van der Waals surface area contributed by atoms with Crippen molar-refractivity contribution in [2.45, 2.75) is 31.7 Å². The van der Waals surface area contributed by atoms with Gasteiger partial charge in [0, 0.05) is 36.1 Å². The molecule has 3 aromatic rings. The maximum atomic E-state index is 13.7. The Bertz CT molecular complexity index is 1150. The number of halogens is 1. The van der Waals surface area contributed by atoms with E-state index in [4.69, 9.17) is 4.74 Å². The largest absolute Gasteiger partial charge is 0.495 e. The van der Waals surface area contributed by atoms with Crippen LogP contribution in [-0.4, -0.2) is 31.4 Å². The summed E-state index contributed by atoms with van der Waals surface area (Å²) in [6.45, 7) is 4.37. The maximum Gasteiger partial charge on any atom is 0.247 e. The Labute approximate surface area is 157 Å². The topological polar surface area (TPSA) is 62.4 Å². The summed E-state index contributed by atoms with van der Waals surface area (Å²) in [4.78, 5) is 3.45. The van der Waals surface area contributed by atoms with E-state index in [-0.39, 0.29) is 17.3 Å². The molecule has 1 aliphatic rings. The zero-order valence-electron chi connectivity index (χ0n) is 15.5. The lowest BCUT2D eigenvalue weighted by Gasteiger charge is -2.27. The summed E-state index contributed by atoms with van der Waals surface area (Å²) in [7, 11) is -2.27. The molecule has 0 radical (unpaired) electrons. The van der Waals surface area contributed by atoms with Crippen molar-refractivity contribution in [3.63, 3.8) is 0 Å². The van der Waals surface area contributed by atoms with Crippen molar-refractivity contribution < 1.29 is 17.5 Å². The number of H-pyrrole nitrogens is 1. The lowest BCUT2D eigenvalue weighted by atomic mass is 10.1. The summed E-state index contributed by atoms with van der Waals surface area (Å²) in [6.07, 6.45) is 0.554. The first-order chi connectivity index (χ1) is 12.8. The Balaban J connectivity index is 1.78. The fourth-order valence-corrected chi connectivity index (χ4v) is 5.26. The van der Waals surface area contributed by atoms with Crippen molar-refractivity contribution >= 4 is 20.9 Å². The number of nitrogens with one attached hydrogen (secondary N) is 1. The van der Waals surface area contributed by atoms with Crippen molar-refractivity contribution in [1.29, 1.82) is 0 Å². The zero-order chi connectivity index (χ0) is 19.3. The lowest BCUT2D eigenvalue weighted by Crippen LogP contribution is -2.36. The van der Waals surface area contributed by atoms with E-state index in [1.54, 1.807) is 18.2 Å². The molecule has 7 heteroatoms. The van der Waals surface area contributed by atoms with Crippen LogP contribution in [0.3, 0.4) is 0 Å². The molecule has 0 atom stereocenters. The average Bonchev–Trinajstić information content (AvgIpc) is 3.00. The van der Waals surface area contributed by atoms with Crippen LogP contribution >= 0.6 is 0 Å². The molecule has 0 aliphatic carbocycles. The van der Waals surface area contributed by atoms with E-state index in [1.807, 2.05) is 13.8 Å². The molecule has 1 aromatic heterocycles. The molecular weight excluding hydrogens is 367 g/mol. The van der Waals surface area contributed by atoms with Gasteiger partial charge in [0.25, 0.3) is 0 Å². The van der Waals surface area contributed by atoms with Gasteiger partial charge in [-0.2, -0.15) is 4.31 Å². The number of aryl methyl sites for hydroxylation is 2. The van der Waals surface area contributed by atoms with Gasteiger partial charge in [0.1, 0.15) is 16.5 Å². The van der Waals surface area contributed by atoms with Crippen LogP contribution in [0.4, 0.5) is 4.39 Å². The number of ether oxygens (including phenoxy) is 1. The predicted molar refractivity (Wildman–Crippen MR) is 102 cm³/mol. The number of hydrogen-bond acceptors (Lipinski definition) is 3. The van der Waals surface area contributed by atoms with Crippen molar-refractivity contribution in [3.05, 3.63) is 58.5 Å². The molecule has 0 saturated heterocycles. The SMILES string of the molecule is COc1cc(C)c(C)cc1S(=O)(=O)N1CCc2[nH]c3ccc(F)cc3c2C1. The lowest BCUT2D eigenvalue weighted by molar-refractivity contribution is 0.377. The van der Waals surface area contributed by atoms with E-state index >= 15 is 0 Å². The Morgan fingerprint density at radius 1 is 1.15 bits per heavy atom. The number of benzene rings is 2. The molecule has 1 aliphatic heterocycles. The fraction of sp³-hybridized carbons (Fsp3) is 0.300. The number of aromatic nitrogens is 1. The third-order valence-corrected chi connectivity index (χ3v) is 7.17. The number of nitrogens with zero attached hydrogens (tertiary/aromatic N) is 1. The van der Waals surface area contributed by atoms with Gasteiger partial charge in [0.2, 0.25) is 10.0 Å². The molecule has 2 aromatic carbocycles. The van der Waals surface area contributed by atoms with Gasteiger partial charge < -0.3 is 9.72 Å². The second-order valence-electron chi connectivity index (χ2n) is 6.95. The monoisotopic (exact) mass is 388 g/mol. The van der Waals surface area contributed by atoms with Crippen LogP contribution in [0.2, 0.25) is 0 Å². The molecule has 0 bridgehead atoms. The molecule has 0 spiro atoms. The molecule has 2 heterocycles. The zero-order valence-corrected chi connectivity index (χ0v) is 16.3. The normalized spacial score (nSPS) is 15.1. The summed E-state index contributed by atoms with van der Waals surface area (Å²) in [5, 5.41) is 0.733. The quantitative estimate of drug-likeness (QED) is 0.745. The Morgan fingerprint density at radius 3 is 2.63 bits per heavy atom. The second-order valence-corrected chi connectivity index (χ2v) is 8.85. The summed E-state index contributed by atoms with van der Waals surface area (Å²) < 4.78 is 47.1. The van der Waals surface area contributed by atoms with Crippen molar-refractivity contribution in [3.8, 4) is 5.75 Å². The third-order valence-electron chi connectivity index (χ3n) is 5.30. The fourth-order valence-electron chi connectivity index (χ4n) is 3.63. The van der Waals surface area contributed by atoms with Gasteiger partial charge in [0.05, 0.1) is 7.11 Å². The number of rotatable bonds is 3. The van der Waals surface area contributed by atoms with Crippen LogP contribution in [0.1, 0.15) is 22.4 Å². The van der Waals surface area contributed by atoms with Gasteiger partial charge in [0.15, 0.2) is 0 Å². The van der Waals surface area contributed by atoms with Crippen LogP contribution in [0.5, 0.6) is 5.75 Å². The summed E-state index contributed by atoms with van der Waals surface area (Å²) >= 11 is 0. The molecule has 0 fully saturated rings. The van der Waals surface area contributed by atoms with E-state index in [1.165, 1.54) is 23.5 Å². The minimum absolute atomic E-state index is 0.169.